The fourth-order valence-electron chi connectivity index (χ4n) is 4.15. The van der Waals surface area contributed by atoms with E-state index in [9.17, 15) is 4.79 Å². The number of fused-ring (bicyclic) bond motifs is 4. The number of hydrogen-bond donors (Lipinski definition) is 0. The van der Waals surface area contributed by atoms with Crippen LogP contribution < -0.4 is 0 Å². The van der Waals surface area contributed by atoms with Gasteiger partial charge in [0, 0.05) is 52.9 Å². The molecule has 3 saturated heterocycles. The third-order valence-electron chi connectivity index (χ3n) is 5.61. The molecule has 0 radical (unpaired) electrons. The maximum Gasteiger partial charge on any atom is 0.236 e. The number of amides is 1. The first-order valence-electron chi connectivity index (χ1n) is 9.90. The maximum atomic E-state index is 12.1. The zero-order valence-electron chi connectivity index (χ0n) is 16.3. The number of carbonyl (C=O) groups is 1. The van der Waals surface area contributed by atoms with Crippen LogP contribution in [0.3, 0.4) is 0 Å². The van der Waals surface area contributed by atoms with Gasteiger partial charge < -0.3 is 9.64 Å². The molecule has 3 heterocycles. The van der Waals surface area contributed by atoms with Crippen LogP contribution in [0.25, 0.3) is 0 Å². The zero-order valence-corrected chi connectivity index (χ0v) is 16.3. The minimum absolute atomic E-state index is 0.215. The Morgan fingerprint density at radius 2 is 1.96 bits per heavy atom. The highest BCUT2D eigenvalue weighted by Gasteiger charge is 2.34. The lowest BCUT2D eigenvalue weighted by molar-refractivity contribution is -0.130. The summed E-state index contributed by atoms with van der Waals surface area (Å²) in [5.41, 5.74) is 1.24. The Balaban J connectivity index is 1.40. The highest BCUT2D eigenvalue weighted by molar-refractivity contribution is 5.77. The molecule has 0 spiro atoms. The Kier molecular flexibility index (Phi) is 7.06. The number of carbonyl (C=O) groups excluding carboxylic acids is 1. The van der Waals surface area contributed by atoms with Crippen molar-refractivity contribution in [3.63, 3.8) is 0 Å². The summed E-state index contributed by atoms with van der Waals surface area (Å²) < 4.78 is 5.83. The van der Waals surface area contributed by atoms with Gasteiger partial charge in [-0.15, -0.1) is 0 Å². The molecular weight excluding hydrogens is 326 g/mol. The van der Waals surface area contributed by atoms with Crippen molar-refractivity contribution >= 4 is 5.91 Å². The van der Waals surface area contributed by atoms with Crippen molar-refractivity contribution in [3.8, 4) is 0 Å². The number of ether oxygens (including phenoxy) is 1. The van der Waals surface area contributed by atoms with Crippen molar-refractivity contribution in [3.05, 3.63) is 35.9 Å². The van der Waals surface area contributed by atoms with Crippen LogP contribution in [-0.2, 0) is 16.1 Å². The topological polar surface area (TPSA) is 36.0 Å². The maximum absolute atomic E-state index is 12.1. The van der Waals surface area contributed by atoms with E-state index < -0.39 is 0 Å². The second kappa shape index (κ2) is 9.49. The smallest absolute Gasteiger partial charge is 0.236 e. The van der Waals surface area contributed by atoms with E-state index in [1.807, 2.05) is 20.2 Å². The van der Waals surface area contributed by atoms with Gasteiger partial charge in [-0.2, -0.15) is 0 Å². The summed E-state index contributed by atoms with van der Waals surface area (Å²) in [5.74, 6) is 0.918. The highest BCUT2D eigenvalue weighted by atomic mass is 16.5. The summed E-state index contributed by atoms with van der Waals surface area (Å²) >= 11 is 0. The van der Waals surface area contributed by atoms with Crippen LogP contribution in [0.2, 0.25) is 0 Å². The lowest BCUT2D eigenvalue weighted by Gasteiger charge is -2.36. The molecule has 1 aromatic rings. The molecule has 0 aliphatic carbocycles. The Labute approximate surface area is 157 Å². The molecule has 0 N–H and O–H groups in total. The number of rotatable bonds is 8. The average molecular weight is 360 g/mol. The first kappa shape index (κ1) is 19.3. The first-order chi connectivity index (χ1) is 12.6. The summed E-state index contributed by atoms with van der Waals surface area (Å²) in [6.45, 7) is 6.45. The molecule has 0 saturated carbocycles. The van der Waals surface area contributed by atoms with Crippen LogP contribution in [-0.4, -0.2) is 80.1 Å². The van der Waals surface area contributed by atoms with Crippen LogP contribution in [0.15, 0.2) is 30.3 Å². The van der Waals surface area contributed by atoms with Crippen molar-refractivity contribution in [1.29, 1.82) is 0 Å². The van der Waals surface area contributed by atoms with Gasteiger partial charge in [-0.05, 0) is 30.7 Å². The fraction of sp³-hybridized carbons (Fsp3) is 0.667. The summed E-state index contributed by atoms with van der Waals surface area (Å²) in [5, 5.41) is 0. The second-order valence-corrected chi connectivity index (χ2v) is 7.97. The molecule has 26 heavy (non-hydrogen) atoms. The zero-order chi connectivity index (χ0) is 18.4. The lowest BCUT2D eigenvalue weighted by atomic mass is 9.95. The first-order valence-corrected chi connectivity index (χ1v) is 9.90. The van der Waals surface area contributed by atoms with Gasteiger partial charge in [0.05, 0.1) is 13.2 Å². The van der Waals surface area contributed by atoms with Gasteiger partial charge in [-0.1, -0.05) is 30.3 Å². The van der Waals surface area contributed by atoms with E-state index in [1.54, 1.807) is 4.90 Å². The molecule has 1 aromatic carbocycles. The fourth-order valence-corrected chi connectivity index (χ4v) is 4.15. The SMILES string of the molecule is CN(C)C(=O)CN1C[C@H]2CC[C@@H](C1)N(CCCOCc1ccccc1)C2. The van der Waals surface area contributed by atoms with Gasteiger partial charge in [0.1, 0.15) is 0 Å². The van der Waals surface area contributed by atoms with Gasteiger partial charge in [0.2, 0.25) is 5.91 Å². The summed E-state index contributed by atoms with van der Waals surface area (Å²) in [7, 11) is 3.69. The molecule has 0 unspecified atom stereocenters. The molecule has 1 amide bonds. The van der Waals surface area contributed by atoms with Crippen molar-refractivity contribution in [1.82, 2.24) is 14.7 Å². The number of benzene rings is 1. The Hall–Kier alpha value is -1.43. The minimum atomic E-state index is 0.215. The van der Waals surface area contributed by atoms with Crippen LogP contribution >= 0.6 is 0 Å². The quantitative estimate of drug-likeness (QED) is 0.666. The van der Waals surface area contributed by atoms with Crippen LogP contribution in [0.1, 0.15) is 24.8 Å². The molecule has 3 fully saturated rings. The minimum Gasteiger partial charge on any atom is -0.377 e. The standard InChI is InChI=1S/C21H33N3O2/c1-22(2)21(25)16-23-13-19-9-10-20(15-23)24(14-19)11-6-12-26-17-18-7-4-3-5-8-18/h3-5,7-8,19-20H,6,9-17H2,1-2H3/t19-,20+/m1/s1. The Morgan fingerprint density at radius 3 is 2.73 bits per heavy atom. The van der Waals surface area contributed by atoms with E-state index >= 15 is 0 Å². The van der Waals surface area contributed by atoms with E-state index in [1.165, 1.54) is 24.9 Å². The van der Waals surface area contributed by atoms with Gasteiger partial charge in [-0.25, -0.2) is 0 Å². The Morgan fingerprint density at radius 1 is 1.15 bits per heavy atom. The summed E-state index contributed by atoms with van der Waals surface area (Å²) in [6.07, 6.45) is 3.65. The second-order valence-electron chi connectivity index (χ2n) is 7.97. The number of likely N-dealkylation sites (N-methyl/N-ethyl adjacent to an activating group) is 1. The van der Waals surface area contributed by atoms with Gasteiger partial charge in [0.15, 0.2) is 0 Å². The van der Waals surface area contributed by atoms with Gasteiger partial charge in [0.25, 0.3) is 0 Å². The van der Waals surface area contributed by atoms with Gasteiger partial charge >= 0.3 is 0 Å². The predicted molar refractivity (Wildman–Crippen MR) is 104 cm³/mol. The third-order valence-corrected chi connectivity index (χ3v) is 5.61. The molecule has 4 rings (SSSR count). The largest absolute Gasteiger partial charge is 0.377 e. The van der Waals surface area contributed by atoms with Crippen LogP contribution in [0.5, 0.6) is 0 Å². The van der Waals surface area contributed by atoms with Crippen LogP contribution in [0, 0.1) is 5.92 Å². The molecule has 0 aromatic heterocycles. The van der Waals surface area contributed by atoms with Crippen molar-refractivity contribution in [2.75, 3.05) is 53.4 Å². The molecular formula is C21H33N3O2. The molecule has 5 nitrogen and oxygen atoms in total. The van der Waals surface area contributed by atoms with Gasteiger partial charge in [-0.3, -0.25) is 14.6 Å². The average Bonchev–Trinajstić information content (AvgIpc) is 2.92. The summed E-state index contributed by atoms with van der Waals surface area (Å²) in [4.78, 5) is 18.8. The molecule has 5 heteroatoms. The van der Waals surface area contributed by atoms with E-state index in [-0.39, 0.29) is 5.91 Å². The van der Waals surface area contributed by atoms with E-state index in [0.717, 1.165) is 32.7 Å². The predicted octanol–water partition coefficient (Wildman–Crippen LogP) is 2.08. The molecule has 3 aliphatic heterocycles. The molecule has 2 atom stereocenters. The molecule has 144 valence electrons. The number of nitrogens with zero attached hydrogens (tertiary/aromatic N) is 3. The molecule has 3 aliphatic rings. The highest BCUT2D eigenvalue weighted by Crippen LogP contribution is 2.28. The summed E-state index contributed by atoms with van der Waals surface area (Å²) in [6, 6.07) is 11.0. The van der Waals surface area contributed by atoms with E-state index in [0.29, 0.717) is 25.1 Å². The lowest BCUT2D eigenvalue weighted by Crippen LogP contribution is -2.45. The molecule has 2 bridgehead atoms. The van der Waals surface area contributed by atoms with Crippen molar-refractivity contribution in [2.24, 2.45) is 5.92 Å². The van der Waals surface area contributed by atoms with Crippen LogP contribution in [0.4, 0.5) is 0 Å². The number of piperidine rings is 1. The van der Waals surface area contributed by atoms with E-state index in [4.69, 9.17) is 4.74 Å². The normalized spacial score (nSPS) is 23.8. The van der Waals surface area contributed by atoms with Crippen molar-refractivity contribution in [2.45, 2.75) is 31.9 Å². The van der Waals surface area contributed by atoms with E-state index in [2.05, 4.69) is 34.1 Å². The number of hydrogen-bond acceptors (Lipinski definition) is 4. The monoisotopic (exact) mass is 359 g/mol. The van der Waals surface area contributed by atoms with Crippen molar-refractivity contribution < 1.29 is 9.53 Å². The Bertz CT molecular complexity index is 564. The third kappa shape index (κ3) is 5.53.